The van der Waals surface area contributed by atoms with Crippen LogP contribution in [-0.4, -0.2) is 44.1 Å². The maximum Gasteiger partial charge on any atom is 0.405 e. The number of nitrogens with one attached hydrogen (secondary N) is 2. The summed E-state index contributed by atoms with van der Waals surface area (Å²) in [5, 5.41) is 6.64. The molecule has 0 bridgehead atoms. The summed E-state index contributed by atoms with van der Waals surface area (Å²) in [5.74, 6) is -1.17. The van der Waals surface area contributed by atoms with Crippen LogP contribution in [-0.2, 0) is 4.79 Å². The number of nitrogens with zero attached hydrogens (tertiary/aromatic N) is 3. The van der Waals surface area contributed by atoms with Gasteiger partial charge in [-0.1, -0.05) is 29.4 Å². The van der Waals surface area contributed by atoms with Gasteiger partial charge >= 0.3 is 6.18 Å². The molecule has 2 aromatic heterocycles. The molecule has 12 heteroatoms. The Balaban J connectivity index is 1.82. The van der Waals surface area contributed by atoms with Gasteiger partial charge in [0, 0.05) is 5.02 Å². The number of halogens is 4. The highest BCUT2D eigenvalue weighted by atomic mass is 35.5. The van der Waals surface area contributed by atoms with Crippen molar-refractivity contribution in [2.45, 2.75) is 11.3 Å². The minimum Gasteiger partial charge on any atom is -0.346 e. The largest absolute Gasteiger partial charge is 0.405 e. The molecule has 2 heterocycles. The van der Waals surface area contributed by atoms with E-state index < -0.39 is 24.2 Å². The molecule has 1 aromatic carbocycles. The van der Waals surface area contributed by atoms with Crippen molar-refractivity contribution in [2.75, 3.05) is 12.3 Å². The summed E-state index contributed by atoms with van der Waals surface area (Å²) in [7, 11) is 0. The van der Waals surface area contributed by atoms with Gasteiger partial charge in [0.25, 0.3) is 5.56 Å². The van der Waals surface area contributed by atoms with E-state index in [1.165, 1.54) is 10.9 Å². The average molecular weight is 418 g/mol. The minimum atomic E-state index is -4.49. The highest BCUT2D eigenvalue weighted by Gasteiger charge is 2.27. The molecular formula is C15H11ClF3N5O2S. The number of H-pyrrole nitrogens is 1. The van der Waals surface area contributed by atoms with E-state index >= 15 is 0 Å². The molecular weight excluding hydrogens is 407 g/mol. The number of alkyl halides is 3. The highest BCUT2D eigenvalue weighted by Crippen LogP contribution is 2.20. The van der Waals surface area contributed by atoms with Crippen LogP contribution in [0.25, 0.3) is 16.7 Å². The molecule has 0 aliphatic rings. The minimum absolute atomic E-state index is 0.0819. The summed E-state index contributed by atoms with van der Waals surface area (Å²) < 4.78 is 37.7. The molecule has 1 amide bonds. The smallest absolute Gasteiger partial charge is 0.346 e. The molecule has 2 N–H and O–H groups in total. The van der Waals surface area contributed by atoms with E-state index in [1.807, 2.05) is 0 Å². The average Bonchev–Trinajstić information content (AvgIpc) is 3.02. The topological polar surface area (TPSA) is 92.7 Å². The number of benzene rings is 1. The number of hydrogen-bond donors (Lipinski definition) is 2. The SMILES string of the molecule is O=C(CSc1nc2c(cnn2-c2cccc(Cl)c2)c(=O)[nH]1)NCC(F)(F)F. The first kappa shape index (κ1) is 19.2. The van der Waals surface area contributed by atoms with Gasteiger partial charge in [-0.05, 0) is 18.2 Å². The molecule has 0 unspecified atom stereocenters. The van der Waals surface area contributed by atoms with Crippen molar-refractivity contribution in [3.8, 4) is 5.69 Å². The second-order valence-corrected chi connectivity index (χ2v) is 6.73. The first-order valence-corrected chi connectivity index (χ1v) is 8.79. The van der Waals surface area contributed by atoms with Crippen LogP contribution in [0.3, 0.4) is 0 Å². The lowest BCUT2D eigenvalue weighted by atomic mass is 10.3. The number of carbonyl (C=O) groups is 1. The predicted molar refractivity (Wildman–Crippen MR) is 94.3 cm³/mol. The van der Waals surface area contributed by atoms with Crippen LogP contribution in [0, 0.1) is 0 Å². The van der Waals surface area contributed by atoms with E-state index in [1.54, 1.807) is 29.6 Å². The van der Waals surface area contributed by atoms with E-state index in [9.17, 15) is 22.8 Å². The molecule has 0 saturated carbocycles. The monoisotopic (exact) mass is 417 g/mol. The van der Waals surface area contributed by atoms with Gasteiger partial charge in [0.1, 0.15) is 11.9 Å². The zero-order valence-electron chi connectivity index (χ0n) is 13.4. The van der Waals surface area contributed by atoms with Crippen LogP contribution in [0.5, 0.6) is 0 Å². The van der Waals surface area contributed by atoms with Gasteiger partial charge < -0.3 is 10.3 Å². The molecule has 0 fully saturated rings. The van der Waals surface area contributed by atoms with Crippen molar-refractivity contribution < 1.29 is 18.0 Å². The molecule has 3 aromatic rings. The fraction of sp³-hybridized carbons (Fsp3) is 0.200. The van der Waals surface area contributed by atoms with Crippen LogP contribution >= 0.6 is 23.4 Å². The molecule has 0 aliphatic heterocycles. The number of aromatic amines is 1. The zero-order chi connectivity index (χ0) is 19.6. The standard InChI is InChI=1S/C15H11ClF3N5O2S/c16-8-2-1-3-9(4-8)24-12-10(5-21-24)13(26)23-14(22-12)27-6-11(25)20-7-15(17,18)19/h1-5H,6-7H2,(H,20,25)(H,22,23,26). The maximum atomic E-state index is 12.2. The van der Waals surface area contributed by atoms with Crippen LogP contribution in [0.1, 0.15) is 0 Å². The number of carbonyl (C=O) groups excluding carboxylic acids is 1. The van der Waals surface area contributed by atoms with Crippen molar-refractivity contribution in [2.24, 2.45) is 0 Å². The molecule has 142 valence electrons. The van der Waals surface area contributed by atoms with Crippen molar-refractivity contribution in [1.82, 2.24) is 25.1 Å². The Kier molecular flexibility index (Phi) is 5.42. The first-order valence-electron chi connectivity index (χ1n) is 7.43. The van der Waals surface area contributed by atoms with Crippen LogP contribution < -0.4 is 10.9 Å². The summed E-state index contributed by atoms with van der Waals surface area (Å²) in [5.41, 5.74) is 0.333. The second-order valence-electron chi connectivity index (χ2n) is 5.33. The molecule has 3 rings (SSSR count). The van der Waals surface area contributed by atoms with E-state index in [0.717, 1.165) is 11.8 Å². The van der Waals surface area contributed by atoms with Crippen molar-refractivity contribution in [3.05, 3.63) is 45.8 Å². The third-order valence-electron chi connectivity index (χ3n) is 3.30. The molecule has 0 radical (unpaired) electrons. The Morgan fingerprint density at radius 1 is 1.37 bits per heavy atom. The fourth-order valence-corrected chi connectivity index (χ4v) is 3.02. The number of amides is 1. The lowest BCUT2D eigenvalue weighted by molar-refractivity contribution is -0.136. The number of thioether (sulfide) groups is 1. The quantitative estimate of drug-likeness (QED) is 0.491. The van der Waals surface area contributed by atoms with E-state index in [0.29, 0.717) is 10.7 Å². The summed E-state index contributed by atoms with van der Waals surface area (Å²) >= 11 is 6.77. The van der Waals surface area contributed by atoms with Crippen molar-refractivity contribution in [1.29, 1.82) is 0 Å². The maximum absolute atomic E-state index is 12.2. The van der Waals surface area contributed by atoms with Crippen molar-refractivity contribution >= 4 is 40.3 Å². The summed E-state index contributed by atoms with van der Waals surface area (Å²) in [6.07, 6.45) is -3.15. The van der Waals surface area contributed by atoms with Crippen LogP contribution in [0.4, 0.5) is 13.2 Å². The Bertz CT molecular complexity index is 1050. The van der Waals surface area contributed by atoms with Gasteiger partial charge in [-0.15, -0.1) is 0 Å². The van der Waals surface area contributed by atoms with E-state index in [-0.39, 0.29) is 21.9 Å². The fourth-order valence-electron chi connectivity index (χ4n) is 2.15. The third-order valence-corrected chi connectivity index (χ3v) is 4.40. The van der Waals surface area contributed by atoms with Crippen molar-refractivity contribution in [3.63, 3.8) is 0 Å². The highest BCUT2D eigenvalue weighted by molar-refractivity contribution is 7.99. The van der Waals surface area contributed by atoms with Gasteiger partial charge in [0.15, 0.2) is 10.8 Å². The normalized spacial score (nSPS) is 11.7. The predicted octanol–water partition coefficient (Wildman–Crippen LogP) is 2.53. The van der Waals surface area contributed by atoms with Gasteiger partial charge in [-0.2, -0.15) is 18.3 Å². The van der Waals surface area contributed by atoms with Gasteiger partial charge in [-0.25, -0.2) is 9.67 Å². The Labute approximate surface area is 158 Å². The summed E-state index contributed by atoms with van der Waals surface area (Å²) in [6.45, 7) is -1.42. The van der Waals surface area contributed by atoms with E-state index in [2.05, 4.69) is 15.1 Å². The molecule has 0 aliphatic carbocycles. The number of fused-ring (bicyclic) bond motifs is 1. The summed E-state index contributed by atoms with van der Waals surface area (Å²) in [4.78, 5) is 30.4. The van der Waals surface area contributed by atoms with E-state index in [4.69, 9.17) is 11.6 Å². The number of aromatic nitrogens is 4. The van der Waals surface area contributed by atoms with Gasteiger partial charge in [0.05, 0.1) is 17.6 Å². The lowest BCUT2D eigenvalue weighted by Crippen LogP contribution is -2.34. The molecule has 0 spiro atoms. The molecule has 0 saturated heterocycles. The molecule has 7 nitrogen and oxygen atoms in total. The molecule has 0 atom stereocenters. The van der Waals surface area contributed by atoms with Crippen LogP contribution in [0.15, 0.2) is 40.4 Å². The summed E-state index contributed by atoms with van der Waals surface area (Å²) in [6, 6.07) is 6.74. The lowest BCUT2D eigenvalue weighted by Gasteiger charge is -2.08. The molecule has 27 heavy (non-hydrogen) atoms. The first-order chi connectivity index (χ1) is 12.7. The Hall–Kier alpha value is -2.53. The second kappa shape index (κ2) is 7.61. The Morgan fingerprint density at radius 3 is 2.85 bits per heavy atom. The van der Waals surface area contributed by atoms with Gasteiger partial charge in [-0.3, -0.25) is 9.59 Å². The number of rotatable bonds is 5. The van der Waals surface area contributed by atoms with Crippen LogP contribution in [0.2, 0.25) is 5.02 Å². The zero-order valence-corrected chi connectivity index (χ0v) is 15.0. The van der Waals surface area contributed by atoms with Gasteiger partial charge in [0.2, 0.25) is 5.91 Å². The third kappa shape index (κ3) is 4.80. The number of hydrogen-bond acceptors (Lipinski definition) is 5. The Morgan fingerprint density at radius 2 is 2.15 bits per heavy atom.